The lowest BCUT2D eigenvalue weighted by molar-refractivity contribution is -0.212. The maximum Gasteiger partial charge on any atom is 0.249 e. The Balaban J connectivity index is 3.07. The molecular weight excluding hydrogens is 317 g/mol. The molecule has 1 aromatic rings. The van der Waals surface area contributed by atoms with Crippen molar-refractivity contribution in [1.29, 1.82) is 0 Å². The fourth-order valence-corrected chi connectivity index (χ4v) is 1.56. The number of rotatable bonds is 2. The predicted molar refractivity (Wildman–Crippen MR) is 60.5 cm³/mol. The van der Waals surface area contributed by atoms with Crippen LogP contribution >= 0.6 is 22.6 Å². The van der Waals surface area contributed by atoms with Crippen LogP contribution in [0.3, 0.4) is 0 Å². The van der Waals surface area contributed by atoms with Crippen LogP contribution in [-0.2, 0) is 10.0 Å². The lowest BCUT2D eigenvalue weighted by atomic mass is 10.2. The molecule has 0 aliphatic carbocycles. The summed E-state index contributed by atoms with van der Waals surface area (Å²) >= 11 is 2.09. The highest BCUT2D eigenvalue weighted by Crippen LogP contribution is 2.06. The van der Waals surface area contributed by atoms with Gasteiger partial charge in [-0.2, -0.15) is 4.40 Å². The van der Waals surface area contributed by atoms with Gasteiger partial charge in [0.25, 0.3) is 0 Å². The first-order chi connectivity index (χ1) is 6.38. The number of hydrogen-bond donors (Lipinski definition) is 0. The van der Waals surface area contributed by atoms with Gasteiger partial charge < -0.3 is 5.11 Å². The maximum absolute atomic E-state index is 11.2. The Morgan fingerprint density at radius 3 is 2.29 bits per heavy atom. The van der Waals surface area contributed by atoms with Crippen LogP contribution in [-0.4, -0.2) is 20.6 Å². The normalized spacial score (nSPS) is 12.9. The summed E-state index contributed by atoms with van der Waals surface area (Å²) < 4.78 is 25.4. The molecule has 0 bridgehead atoms. The van der Waals surface area contributed by atoms with Gasteiger partial charge in [0.05, 0.1) is 6.26 Å². The first-order valence-electron chi connectivity index (χ1n) is 3.61. The molecule has 0 saturated heterocycles. The zero-order valence-electron chi connectivity index (χ0n) is 7.27. The first kappa shape index (κ1) is 11.4. The van der Waals surface area contributed by atoms with Crippen molar-refractivity contribution in [3.8, 4) is 0 Å². The lowest BCUT2D eigenvalue weighted by Gasteiger charge is -2.09. The van der Waals surface area contributed by atoms with Gasteiger partial charge in [-0.1, -0.05) is 12.1 Å². The number of benzene rings is 1. The lowest BCUT2D eigenvalue weighted by Crippen LogP contribution is -2.20. The van der Waals surface area contributed by atoms with Crippen LogP contribution in [0.2, 0.25) is 0 Å². The molecule has 0 fully saturated rings. The Hall–Kier alpha value is -0.630. The van der Waals surface area contributed by atoms with Crippen LogP contribution in [0.4, 0.5) is 0 Å². The average Bonchev–Trinajstić information content (AvgIpc) is 2.02. The van der Waals surface area contributed by atoms with Crippen LogP contribution in [0.5, 0.6) is 0 Å². The van der Waals surface area contributed by atoms with Crippen molar-refractivity contribution in [2.24, 2.45) is 4.40 Å². The van der Waals surface area contributed by atoms with Gasteiger partial charge in [-0.3, -0.25) is 0 Å². The summed E-state index contributed by atoms with van der Waals surface area (Å²) in [5.41, 5.74) is 0.274. The molecule has 0 heterocycles. The van der Waals surface area contributed by atoms with Crippen molar-refractivity contribution < 1.29 is 13.5 Å². The molecule has 76 valence electrons. The highest BCUT2D eigenvalue weighted by molar-refractivity contribution is 14.1. The van der Waals surface area contributed by atoms with Gasteiger partial charge in [-0.05, 0) is 40.3 Å². The topological polar surface area (TPSA) is 69.6 Å². The summed E-state index contributed by atoms with van der Waals surface area (Å²) in [5, 5.41) is 11.2. The van der Waals surface area contributed by atoms with E-state index in [4.69, 9.17) is 0 Å². The molecule has 0 aliphatic heterocycles. The molecule has 6 heteroatoms. The summed E-state index contributed by atoms with van der Waals surface area (Å²) in [6, 6.07) is 6.51. The van der Waals surface area contributed by atoms with Gasteiger partial charge in [0, 0.05) is 9.47 Å². The molecular formula is C8H7INO3S-. The Morgan fingerprint density at radius 2 is 1.86 bits per heavy atom. The van der Waals surface area contributed by atoms with Crippen molar-refractivity contribution in [3.63, 3.8) is 0 Å². The van der Waals surface area contributed by atoms with Gasteiger partial charge in [-0.25, -0.2) is 8.42 Å². The predicted octanol–water partition coefficient (Wildman–Crippen LogP) is 0.358. The van der Waals surface area contributed by atoms with Crippen molar-refractivity contribution >= 4 is 38.5 Å². The fourth-order valence-electron chi connectivity index (χ4n) is 0.796. The Kier molecular flexibility index (Phi) is 3.48. The Bertz CT molecular complexity index is 450. The second-order valence-corrected chi connectivity index (χ2v) is 5.53. The van der Waals surface area contributed by atoms with Crippen LogP contribution < -0.4 is 5.11 Å². The van der Waals surface area contributed by atoms with E-state index in [0.29, 0.717) is 0 Å². The summed E-state index contributed by atoms with van der Waals surface area (Å²) in [6.45, 7) is 0. The first-order valence-corrected chi connectivity index (χ1v) is 6.54. The van der Waals surface area contributed by atoms with E-state index in [1.165, 1.54) is 0 Å². The maximum atomic E-state index is 11.2. The molecule has 1 rings (SSSR count). The molecule has 0 radical (unpaired) electrons. The molecule has 1 aromatic carbocycles. The minimum Gasteiger partial charge on any atom is -0.858 e. The van der Waals surface area contributed by atoms with Gasteiger partial charge in [0.15, 0.2) is 0 Å². The highest BCUT2D eigenvalue weighted by Gasteiger charge is 1.97. The van der Waals surface area contributed by atoms with Gasteiger partial charge in [0.1, 0.15) is 0 Å². The summed E-state index contributed by atoms with van der Waals surface area (Å²) in [5.74, 6) is -0.733. The molecule has 0 atom stereocenters. The molecule has 0 amide bonds. The number of halogens is 1. The van der Waals surface area contributed by atoms with Crippen molar-refractivity contribution in [3.05, 3.63) is 33.4 Å². The van der Waals surface area contributed by atoms with E-state index in [1.54, 1.807) is 24.3 Å². The van der Waals surface area contributed by atoms with Crippen LogP contribution in [0.15, 0.2) is 28.7 Å². The Morgan fingerprint density at radius 1 is 1.36 bits per heavy atom. The standard InChI is InChI=1S/C8H8INO3S/c1-14(12,13)10-8(11)6-2-4-7(9)5-3-6/h2-5H,1H3,(H,10,11)/p-1. The van der Waals surface area contributed by atoms with E-state index in [1.807, 2.05) is 0 Å². The quantitative estimate of drug-likeness (QED) is 0.448. The van der Waals surface area contributed by atoms with Gasteiger partial charge >= 0.3 is 0 Å². The average molecular weight is 324 g/mol. The molecule has 0 aliphatic rings. The summed E-state index contributed by atoms with van der Waals surface area (Å²) in [6.07, 6.45) is 0.887. The zero-order chi connectivity index (χ0) is 10.8. The zero-order valence-corrected chi connectivity index (χ0v) is 10.2. The van der Waals surface area contributed by atoms with Crippen LogP contribution in [0.1, 0.15) is 5.56 Å². The van der Waals surface area contributed by atoms with Gasteiger partial charge in [-0.15, -0.1) is 0 Å². The van der Waals surface area contributed by atoms with Crippen LogP contribution in [0.25, 0.3) is 0 Å². The summed E-state index contributed by atoms with van der Waals surface area (Å²) in [4.78, 5) is 0. The van der Waals surface area contributed by atoms with E-state index in [0.717, 1.165) is 9.83 Å². The molecule has 0 unspecified atom stereocenters. The van der Waals surface area contributed by atoms with E-state index in [2.05, 4.69) is 27.0 Å². The van der Waals surface area contributed by atoms with Crippen LogP contribution in [0, 0.1) is 3.57 Å². The third-order valence-corrected chi connectivity index (χ3v) is 2.56. The van der Waals surface area contributed by atoms with Gasteiger partial charge in [0.2, 0.25) is 10.0 Å². The molecule has 0 aromatic heterocycles. The van der Waals surface area contributed by atoms with E-state index >= 15 is 0 Å². The Labute approximate surface area is 95.9 Å². The van der Waals surface area contributed by atoms with E-state index < -0.39 is 15.9 Å². The molecule has 4 nitrogen and oxygen atoms in total. The largest absolute Gasteiger partial charge is 0.858 e. The minimum atomic E-state index is -3.61. The third-order valence-electron chi connectivity index (χ3n) is 1.34. The number of nitrogens with zero attached hydrogens (tertiary/aromatic N) is 1. The monoisotopic (exact) mass is 324 g/mol. The van der Waals surface area contributed by atoms with Crippen molar-refractivity contribution in [1.82, 2.24) is 0 Å². The molecule has 0 N–H and O–H groups in total. The van der Waals surface area contributed by atoms with E-state index in [-0.39, 0.29) is 5.56 Å². The molecule has 14 heavy (non-hydrogen) atoms. The second kappa shape index (κ2) is 4.26. The number of sulfonamides is 1. The molecule has 0 spiro atoms. The second-order valence-electron chi connectivity index (χ2n) is 2.64. The fraction of sp³-hybridized carbons (Fsp3) is 0.125. The molecule has 0 saturated carbocycles. The SMILES string of the molecule is CS(=O)(=O)/N=C(/[O-])c1ccc(I)cc1. The minimum absolute atomic E-state index is 0.274. The highest BCUT2D eigenvalue weighted by atomic mass is 127. The number of hydrogen-bond acceptors (Lipinski definition) is 3. The summed E-state index contributed by atoms with van der Waals surface area (Å²) in [7, 11) is -3.61. The third kappa shape index (κ3) is 3.62. The van der Waals surface area contributed by atoms with Crippen molar-refractivity contribution in [2.45, 2.75) is 0 Å². The van der Waals surface area contributed by atoms with E-state index in [9.17, 15) is 13.5 Å². The smallest absolute Gasteiger partial charge is 0.249 e. The van der Waals surface area contributed by atoms with Crippen molar-refractivity contribution in [2.75, 3.05) is 6.26 Å².